The Kier molecular flexibility index (Phi) is 4.34. The van der Waals surface area contributed by atoms with Crippen molar-refractivity contribution in [3.63, 3.8) is 0 Å². The maximum absolute atomic E-state index is 13.2. The highest BCUT2D eigenvalue weighted by Crippen LogP contribution is 2.42. The van der Waals surface area contributed by atoms with Gasteiger partial charge in [-0.3, -0.25) is 4.79 Å². The number of hydrogen-bond acceptors (Lipinski definition) is 6. The fourth-order valence-electron chi connectivity index (χ4n) is 2.77. The lowest BCUT2D eigenvalue weighted by atomic mass is 10.1. The Morgan fingerprint density at radius 2 is 1.82 bits per heavy atom. The van der Waals surface area contributed by atoms with Gasteiger partial charge in [-0.25, -0.2) is 0 Å². The fraction of sp³-hybridized carbons (Fsp3) is 0.158. The molecule has 0 spiro atoms. The van der Waals surface area contributed by atoms with E-state index in [-0.39, 0.29) is 17.3 Å². The molecule has 0 bridgehead atoms. The van der Waals surface area contributed by atoms with Gasteiger partial charge in [0.25, 0.3) is 5.91 Å². The van der Waals surface area contributed by atoms with Crippen LogP contribution in [0.15, 0.2) is 59.1 Å². The first-order chi connectivity index (χ1) is 13.4. The molecule has 28 heavy (non-hydrogen) atoms. The average Bonchev–Trinajstić information content (AvgIpc) is 3.20. The van der Waals surface area contributed by atoms with E-state index < -0.39 is 18.2 Å². The molecule has 2 heterocycles. The number of halogens is 2. The maximum atomic E-state index is 13.2. The average molecular weight is 387 g/mol. The number of amides is 1. The van der Waals surface area contributed by atoms with Gasteiger partial charge in [0.2, 0.25) is 0 Å². The van der Waals surface area contributed by atoms with Crippen molar-refractivity contribution in [3.8, 4) is 11.5 Å². The second-order valence-corrected chi connectivity index (χ2v) is 6.13. The second-order valence-electron chi connectivity index (χ2n) is 6.13. The number of carbonyl (C=O) groups is 1. The molecule has 1 amide bonds. The number of carbonyl (C=O) groups excluding carboxylic acids is 1. The zero-order valence-electron chi connectivity index (χ0n) is 14.6. The van der Waals surface area contributed by atoms with Gasteiger partial charge in [-0.1, -0.05) is 35.5 Å². The van der Waals surface area contributed by atoms with Crippen molar-refractivity contribution in [3.05, 3.63) is 65.9 Å². The number of fused-ring (bicyclic) bond motifs is 1. The minimum atomic E-state index is -3.71. The van der Waals surface area contributed by atoms with Crippen LogP contribution in [0.2, 0.25) is 0 Å². The van der Waals surface area contributed by atoms with Gasteiger partial charge in [0.1, 0.15) is 11.8 Å². The molecule has 0 fully saturated rings. The van der Waals surface area contributed by atoms with Gasteiger partial charge in [-0.05, 0) is 24.6 Å². The Balaban J connectivity index is 1.59. The topological polar surface area (TPSA) is 85.6 Å². The van der Waals surface area contributed by atoms with E-state index in [2.05, 4.69) is 25.3 Å². The lowest BCUT2D eigenvalue weighted by Gasteiger charge is -2.19. The summed E-state index contributed by atoms with van der Waals surface area (Å²) in [6.45, 7) is 1.71. The van der Waals surface area contributed by atoms with E-state index >= 15 is 0 Å². The van der Waals surface area contributed by atoms with Crippen molar-refractivity contribution in [2.24, 2.45) is 0 Å². The smallest absolute Gasteiger partial charge is 0.395 e. The molecular formula is C19H15F2N3O4. The number of rotatable bonds is 5. The highest BCUT2D eigenvalue weighted by atomic mass is 19.3. The first-order valence-corrected chi connectivity index (χ1v) is 8.35. The number of alkyl halides is 2. The van der Waals surface area contributed by atoms with Crippen LogP contribution in [0.4, 0.5) is 20.3 Å². The number of benzene rings is 2. The molecule has 1 atom stereocenters. The lowest BCUT2D eigenvalue weighted by molar-refractivity contribution is -0.286. The van der Waals surface area contributed by atoms with Crippen LogP contribution in [-0.4, -0.2) is 17.4 Å². The first kappa shape index (κ1) is 17.8. The molecule has 2 aromatic carbocycles. The molecule has 4 rings (SSSR count). The molecule has 0 unspecified atom stereocenters. The largest absolute Gasteiger partial charge is 0.586 e. The van der Waals surface area contributed by atoms with Crippen LogP contribution in [0.1, 0.15) is 17.4 Å². The van der Waals surface area contributed by atoms with Crippen molar-refractivity contribution in [2.75, 3.05) is 10.6 Å². The zero-order valence-corrected chi connectivity index (χ0v) is 14.6. The Morgan fingerprint density at radius 1 is 1.07 bits per heavy atom. The van der Waals surface area contributed by atoms with Crippen LogP contribution in [0, 0.1) is 6.92 Å². The summed E-state index contributed by atoms with van der Waals surface area (Å²) in [6.07, 6.45) is -3.71. The van der Waals surface area contributed by atoms with Gasteiger partial charge in [-0.15, -0.1) is 8.78 Å². The first-order valence-electron chi connectivity index (χ1n) is 8.35. The predicted octanol–water partition coefficient (Wildman–Crippen LogP) is 4.10. The summed E-state index contributed by atoms with van der Waals surface area (Å²) in [5, 5.41) is 9.44. The molecular weight excluding hydrogens is 372 g/mol. The highest BCUT2D eigenvalue weighted by molar-refractivity contribution is 5.96. The summed E-state index contributed by atoms with van der Waals surface area (Å²) in [5.74, 6) is 0.234. The molecule has 144 valence electrons. The number of nitrogens with one attached hydrogen (secondary N) is 2. The molecule has 1 aromatic heterocycles. The number of anilines is 2. The van der Waals surface area contributed by atoms with E-state index in [1.807, 2.05) is 6.07 Å². The summed E-state index contributed by atoms with van der Waals surface area (Å²) in [6, 6.07) is 13.9. The van der Waals surface area contributed by atoms with Crippen LogP contribution in [0.25, 0.3) is 0 Å². The molecule has 0 saturated carbocycles. The minimum Gasteiger partial charge on any atom is -0.395 e. The Hall–Kier alpha value is -3.62. The second kappa shape index (κ2) is 6.84. The quantitative estimate of drug-likeness (QED) is 0.686. The van der Waals surface area contributed by atoms with Crippen molar-refractivity contribution in [1.29, 1.82) is 0 Å². The van der Waals surface area contributed by atoms with Crippen LogP contribution in [0.5, 0.6) is 11.5 Å². The van der Waals surface area contributed by atoms with Gasteiger partial charge >= 0.3 is 6.29 Å². The Bertz CT molecular complexity index is 1010. The molecule has 7 nitrogen and oxygen atoms in total. The normalized spacial score (nSPS) is 15.1. The third-order valence-corrected chi connectivity index (χ3v) is 3.99. The van der Waals surface area contributed by atoms with Crippen LogP contribution in [0.3, 0.4) is 0 Å². The number of nitrogens with zero attached hydrogens (tertiary/aromatic N) is 1. The van der Waals surface area contributed by atoms with E-state index in [4.69, 9.17) is 4.52 Å². The molecule has 0 aliphatic carbocycles. The van der Waals surface area contributed by atoms with Crippen molar-refractivity contribution in [1.82, 2.24) is 5.16 Å². The Morgan fingerprint density at radius 3 is 2.54 bits per heavy atom. The standard InChI is InChI=1S/C19H15F2N3O4/c1-11-9-16(24-28-11)23-18(25)17(12-5-3-2-4-6-12)22-13-7-8-14-15(10-13)27-19(20,21)26-14/h2-10,17,22H,1H3,(H,23,24,25)/t17-/m0/s1. The van der Waals surface area contributed by atoms with Crippen molar-refractivity contribution < 1.29 is 27.6 Å². The minimum absolute atomic E-state index is 0.0747. The van der Waals surface area contributed by atoms with Crippen LogP contribution >= 0.6 is 0 Å². The molecule has 2 N–H and O–H groups in total. The number of hydrogen-bond donors (Lipinski definition) is 2. The third-order valence-electron chi connectivity index (χ3n) is 3.99. The van der Waals surface area contributed by atoms with E-state index in [1.165, 1.54) is 18.2 Å². The number of aryl methyl sites for hydroxylation is 1. The van der Waals surface area contributed by atoms with Gasteiger partial charge in [0.15, 0.2) is 17.3 Å². The van der Waals surface area contributed by atoms with E-state index in [0.717, 1.165) is 0 Å². The summed E-state index contributed by atoms with van der Waals surface area (Å²) in [7, 11) is 0. The number of aromatic nitrogens is 1. The summed E-state index contributed by atoms with van der Waals surface area (Å²) in [4.78, 5) is 12.8. The maximum Gasteiger partial charge on any atom is 0.586 e. The van der Waals surface area contributed by atoms with Gasteiger partial charge in [0, 0.05) is 17.8 Å². The monoisotopic (exact) mass is 387 g/mol. The summed E-state index contributed by atoms with van der Waals surface area (Å²) in [5.41, 5.74) is 1.07. The van der Waals surface area contributed by atoms with Gasteiger partial charge in [-0.2, -0.15) is 0 Å². The Labute approximate surface area is 158 Å². The predicted molar refractivity (Wildman–Crippen MR) is 95.3 cm³/mol. The molecule has 3 aromatic rings. The van der Waals surface area contributed by atoms with E-state index in [0.29, 0.717) is 17.0 Å². The van der Waals surface area contributed by atoms with Crippen LogP contribution in [-0.2, 0) is 4.79 Å². The van der Waals surface area contributed by atoms with Crippen molar-refractivity contribution >= 4 is 17.4 Å². The van der Waals surface area contributed by atoms with E-state index in [1.54, 1.807) is 37.3 Å². The number of ether oxygens (including phenoxy) is 2. The highest BCUT2D eigenvalue weighted by Gasteiger charge is 2.43. The molecule has 1 aliphatic rings. The third kappa shape index (κ3) is 3.73. The molecule has 0 radical (unpaired) electrons. The van der Waals surface area contributed by atoms with E-state index in [9.17, 15) is 13.6 Å². The zero-order chi connectivity index (χ0) is 19.7. The summed E-state index contributed by atoms with van der Waals surface area (Å²) >= 11 is 0. The fourth-order valence-corrected chi connectivity index (χ4v) is 2.77. The van der Waals surface area contributed by atoms with Crippen LogP contribution < -0.4 is 20.1 Å². The summed E-state index contributed by atoms with van der Waals surface area (Å²) < 4.78 is 40.2. The van der Waals surface area contributed by atoms with Gasteiger partial charge < -0.3 is 24.6 Å². The lowest BCUT2D eigenvalue weighted by Crippen LogP contribution is -2.27. The molecule has 9 heteroatoms. The van der Waals surface area contributed by atoms with Crippen molar-refractivity contribution in [2.45, 2.75) is 19.3 Å². The molecule has 0 saturated heterocycles. The molecule has 1 aliphatic heterocycles. The van der Waals surface area contributed by atoms with Gasteiger partial charge in [0.05, 0.1) is 0 Å². The SMILES string of the molecule is Cc1cc(NC(=O)[C@@H](Nc2ccc3c(c2)OC(F)(F)O3)c2ccccc2)no1.